The fourth-order valence-electron chi connectivity index (χ4n) is 1.38. The van der Waals surface area contributed by atoms with Gasteiger partial charge in [-0.15, -0.1) is 0 Å². The number of pyridine rings is 1. The number of nitrogens with one attached hydrogen (secondary N) is 1. The van der Waals surface area contributed by atoms with Gasteiger partial charge in [0.2, 0.25) is 5.13 Å². The minimum Gasteiger partial charge on any atom is -0.369 e. The molecule has 0 spiro atoms. The third kappa shape index (κ3) is 4.07. The number of rotatable bonds is 6. The van der Waals surface area contributed by atoms with Crippen LogP contribution in [0.1, 0.15) is 20.3 Å². The summed E-state index contributed by atoms with van der Waals surface area (Å²) >= 11 is 1.14. The molecule has 1 amide bonds. The number of hydrogen-bond donors (Lipinski definition) is 1. The lowest BCUT2D eigenvalue weighted by Gasteiger charge is -2.09. The molecular weight excluding hydrogens is 276 g/mol. The number of carbonyl (C=O) groups excluding carboxylic acids is 1. The molecule has 1 unspecified atom stereocenters. The van der Waals surface area contributed by atoms with Crippen LogP contribution in [-0.2, 0) is 9.53 Å². The van der Waals surface area contributed by atoms with E-state index in [1.807, 2.05) is 26.0 Å². The highest BCUT2D eigenvalue weighted by molar-refractivity contribution is 7.10. The van der Waals surface area contributed by atoms with E-state index in [4.69, 9.17) is 4.74 Å². The molecule has 0 aliphatic carbocycles. The Kier molecular flexibility index (Phi) is 5.14. The number of ether oxygens (including phenoxy) is 1. The third-order valence-corrected chi connectivity index (χ3v) is 3.32. The standard InChI is InChI=1S/C13H16N4O2S/c1-3-9(2)19-8-11(18)15-13-16-12(17-20-13)10-4-6-14-7-5-10/h4-7,9H,3,8H2,1-2H3,(H,15,16,17,18). The lowest BCUT2D eigenvalue weighted by molar-refractivity contribution is -0.122. The second kappa shape index (κ2) is 7.06. The molecule has 6 nitrogen and oxygen atoms in total. The second-order valence-corrected chi connectivity index (χ2v) is 4.99. The number of carbonyl (C=O) groups is 1. The predicted molar refractivity (Wildman–Crippen MR) is 77.5 cm³/mol. The molecule has 20 heavy (non-hydrogen) atoms. The molecule has 1 N–H and O–H groups in total. The molecule has 0 fully saturated rings. The molecule has 0 bridgehead atoms. The van der Waals surface area contributed by atoms with Gasteiger partial charge in [0, 0.05) is 29.5 Å². The smallest absolute Gasteiger partial charge is 0.252 e. The molecule has 0 aliphatic rings. The molecule has 0 radical (unpaired) electrons. The summed E-state index contributed by atoms with van der Waals surface area (Å²) in [6, 6.07) is 3.64. The average Bonchev–Trinajstić information content (AvgIpc) is 2.94. The SMILES string of the molecule is CCC(C)OCC(=O)Nc1nc(-c2ccncc2)ns1. The van der Waals surface area contributed by atoms with Gasteiger partial charge in [0.15, 0.2) is 5.82 Å². The van der Waals surface area contributed by atoms with E-state index in [1.54, 1.807) is 12.4 Å². The van der Waals surface area contributed by atoms with Crippen molar-refractivity contribution in [2.75, 3.05) is 11.9 Å². The monoisotopic (exact) mass is 292 g/mol. The van der Waals surface area contributed by atoms with Crippen LogP contribution in [0.2, 0.25) is 0 Å². The summed E-state index contributed by atoms with van der Waals surface area (Å²) in [5, 5.41) is 3.14. The first-order valence-electron chi connectivity index (χ1n) is 6.34. The van der Waals surface area contributed by atoms with Crippen molar-refractivity contribution < 1.29 is 9.53 Å². The lowest BCUT2D eigenvalue weighted by atomic mass is 10.3. The maximum Gasteiger partial charge on any atom is 0.252 e. The Morgan fingerprint density at radius 3 is 2.90 bits per heavy atom. The third-order valence-electron chi connectivity index (χ3n) is 2.68. The van der Waals surface area contributed by atoms with Gasteiger partial charge in [-0.3, -0.25) is 15.1 Å². The van der Waals surface area contributed by atoms with Crippen molar-refractivity contribution in [1.82, 2.24) is 14.3 Å². The predicted octanol–water partition coefficient (Wildman–Crippen LogP) is 2.35. The molecule has 2 aromatic heterocycles. The van der Waals surface area contributed by atoms with Crippen molar-refractivity contribution in [3.63, 3.8) is 0 Å². The van der Waals surface area contributed by atoms with Crippen LogP contribution >= 0.6 is 11.5 Å². The van der Waals surface area contributed by atoms with Crippen molar-refractivity contribution >= 4 is 22.6 Å². The molecule has 0 saturated carbocycles. The van der Waals surface area contributed by atoms with Crippen molar-refractivity contribution in [2.24, 2.45) is 0 Å². The zero-order chi connectivity index (χ0) is 14.4. The molecule has 0 saturated heterocycles. The van der Waals surface area contributed by atoms with Gasteiger partial charge < -0.3 is 4.74 Å². The molecule has 0 aromatic carbocycles. The van der Waals surface area contributed by atoms with Crippen LogP contribution in [0.5, 0.6) is 0 Å². The quantitative estimate of drug-likeness (QED) is 0.884. The maximum absolute atomic E-state index is 11.7. The van der Waals surface area contributed by atoms with Gasteiger partial charge in [0.1, 0.15) is 6.61 Å². The Bertz CT molecular complexity index is 559. The molecule has 2 aromatic rings. The first-order chi connectivity index (χ1) is 9.69. The highest BCUT2D eigenvalue weighted by Gasteiger charge is 2.10. The molecule has 2 heterocycles. The van der Waals surface area contributed by atoms with Crippen LogP contribution in [0.25, 0.3) is 11.4 Å². The first-order valence-corrected chi connectivity index (χ1v) is 7.12. The van der Waals surface area contributed by atoms with E-state index in [-0.39, 0.29) is 18.6 Å². The van der Waals surface area contributed by atoms with E-state index in [9.17, 15) is 4.79 Å². The van der Waals surface area contributed by atoms with Gasteiger partial charge in [-0.2, -0.15) is 9.36 Å². The van der Waals surface area contributed by atoms with Crippen LogP contribution in [0.4, 0.5) is 5.13 Å². The average molecular weight is 292 g/mol. The fourth-order valence-corrected chi connectivity index (χ4v) is 1.99. The van der Waals surface area contributed by atoms with Crippen LogP contribution in [0, 0.1) is 0 Å². The Hall–Kier alpha value is -1.86. The van der Waals surface area contributed by atoms with Gasteiger partial charge in [-0.05, 0) is 25.5 Å². The van der Waals surface area contributed by atoms with E-state index >= 15 is 0 Å². The van der Waals surface area contributed by atoms with Gasteiger partial charge in [0.25, 0.3) is 5.91 Å². The van der Waals surface area contributed by atoms with Crippen LogP contribution in [0.3, 0.4) is 0 Å². The maximum atomic E-state index is 11.7. The molecular formula is C13H16N4O2S. The Labute approximate surface area is 121 Å². The Morgan fingerprint density at radius 1 is 1.45 bits per heavy atom. The number of amides is 1. The summed E-state index contributed by atoms with van der Waals surface area (Å²) in [6.07, 6.45) is 4.30. The highest BCUT2D eigenvalue weighted by atomic mass is 32.1. The van der Waals surface area contributed by atoms with Crippen molar-refractivity contribution in [2.45, 2.75) is 26.4 Å². The zero-order valence-corrected chi connectivity index (χ0v) is 12.2. The fraction of sp³-hybridized carbons (Fsp3) is 0.385. The zero-order valence-electron chi connectivity index (χ0n) is 11.4. The molecule has 106 valence electrons. The molecule has 7 heteroatoms. The van der Waals surface area contributed by atoms with E-state index in [1.165, 1.54) is 0 Å². The van der Waals surface area contributed by atoms with Gasteiger partial charge in [-0.1, -0.05) is 6.92 Å². The summed E-state index contributed by atoms with van der Waals surface area (Å²) in [5.74, 6) is 0.360. The van der Waals surface area contributed by atoms with E-state index in [0.29, 0.717) is 11.0 Å². The number of nitrogens with zero attached hydrogens (tertiary/aromatic N) is 3. The second-order valence-electron chi connectivity index (χ2n) is 4.24. The summed E-state index contributed by atoms with van der Waals surface area (Å²) in [4.78, 5) is 19.9. The lowest BCUT2D eigenvalue weighted by Crippen LogP contribution is -2.21. The van der Waals surface area contributed by atoms with E-state index in [2.05, 4.69) is 19.7 Å². The Morgan fingerprint density at radius 2 is 2.20 bits per heavy atom. The summed E-state index contributed by atoms with van der Waals surface area (Å²) in [5.41, 5.74) is 0.868. The number of hydrogen-bond acceptors (Lipinski definition) is 6. The van der Waals surface area contributed by atoms with Crippen molar-refractivity contribution in [3.8, 4) is 11.4 Å². The molecule has 0 aliphatic heterocycles. The Balaban J connectivity index is 1.91. The van der Waals surface area contributed by atoms with Gasteiger partial charge >= 0.3 is 0 Å². The van der Waals surface area contributed by atoms with E-state index in [0.717, 1.165) is 23.5 Å². The van der Waals surface area contributed by atoms with Crippen LogP contribution in [0.15, 0.2) is 24.5 Å². The van der Waals surface area contributed by atoms with Crippen molar-refractivity contribution in [1.29, 1.82) is 0 Å². The van der Waals surface area contributed by atoms with E-state index < -0.39 is 0 Å². The van der Waals surface area contributed by atoms with Gasteiger partial charge in [-0.25, -0.2) is 0 Å². The van der Waals surface area contributed by atoms with Gasteiger partial charge in [0.05, 0.1) is 6.10 Å². The topological polar surface area (TPSA) is 77.0 Å². The summed E-state index contributed by atoms with van der Waals surface area (Å²) in [7, 11) is 0. The first kappa shape index (κ1) is 14.5. The minimum absolute atomic E-state index is 0.0270. The summed E-state index contributed by atoms with van der Waals surface area (Å²) in [6.45, 7) is 3.97. The molecule has 1 atom stereocenters. The number of aromatic nitrogens is 3. The largest absolute Gasteiger partial charge is 0.369 e. The minimum atomic E-state index is -0.220. The van der Waals surface area contributed by atoms with Crippen LogP contribution < -0.4 is 5.32 Å². The highest BCUT2D eigenvalue weighted by Crippen LogP contribution is 2.20. The molecule has 2 rings (SSSR count). The van der Waals surface area contributed by atoms with Crippen molar-refractivity contribution in [3.05, 3.63) is 24.5 Å². The number of anilines is 1. The normalized spacial score (nSPS) is 12.1. The summed E-state index contributed by atoms with van der Waals surface area (Å²) < 4.78 is 9.55. The van der Waals surface area contributed by atoms with Crippen LogP contribution in [-0.4, -0.2) is 33.0 Å².